The fourth-order valence-corrected chi connectivity index (χ4v) is 1.49. The second-order valence-electron chi connectivity index (χ2n) is 3.97. The first-order chi connectivity index (χ1) is 7.25. The third kappa shape index (κ3) is 3.06. The molecule has 5 heteroatoms. The highest BCUT2D eigenvalue weighted by Crippen LogP contribution is 2.24. The molecule has 1 aliphatic rings. The van der Waals surface area contributed by atoms with Gasteiger partial charge in [-0.3, -0.25) is 0 Å². The van der Waals surface area contributed by atoms with Crippen LogP contribution in [0.15, 0.2) is 12.4 Å². The Kier molecular flexibility index (Phi) is 3.01. The SMILES string of the molecule is CN(CCNc1cnc(N)cn1)C1CC1. The molecular weight excluding hydrogens is 190 g/mol. The highest BCUT2D eigenvalue weighted by molar-refractivity contribution is 5.35. The van der Waals surface area contributed by atoms with Crippen molar-refractivity contribution in [1.82, 2.24) is 14.9 Å². The van der Waals surface area contributed by atoms with Gasteiger partial charge in [-0.2, -0.15) is 0 Å². The van der Waals surface area contributed by atoms with Crippen LogP contribution in [-0.2, 0) is 0 Å². The normalized spacial score (nSPS) is 15.6. The van der Waals surface area contributed by atoms with Crippen LogP contribution in [0.5, 0.6) is 0 Å². The third-order valence-corrected chi connectivity index (χ3v) is 2.61. The lowest BCUT2D eigenvalue weighted by Crippen LogP contribution is -2.27. The van der Waals surface area contributed by atoms with E-state index in [2.05, 4.69) is 27.2 Å². The molecule has 82 valence electrons. The largest absolute Gasteiger partial charge is 0.382 e. The molecule has 5 nitrogen and oxygen atoms in total. The highest BCUT2D eigenvalue weighted by atomic mass is 15.2. The summed E-state index contributed by atoms with van der Waals surface area (Å²) >= 11 is 0. The van der Waals surface area contributed by atoms with Gasteiger partial charge in [0.05, 0.1) is 12.4 Å². The molecule has 0 amide bonds. The maximum atomic E-state index is 5.44. The summed E-state index contributed by atoms with van der Waals surface area (Å²) in [5.74, 6) is 1.24. The number of hydrogen-bond donors (Lipinski definition) is 2. The van der Waals surface area contributed by atoms with Crippen LogP contribution in [0.1, 0.15) is 12.8 Å². The van der Waals surface area contributed by atoms with Gasteiger partial charge in [-0.15, -0.1) is 0 Å². The Morgan fingerprint density at radius 2 is 2.27 bits per heavy atom. The molecule has 1 aromatic heterocycles. The van der Waals surface area contributed by atoms with Gasteiger partial charge in [-0.25, -0.2) is 9.97 Å². The van der Waals surface area contributed by atoms with Crippen LogP contribution < -0.4 is 11.1 Å². The lowest BCUT2D eigenvalue weighted by Gasteiger charge is -2.15. The minimum Gasteiger partial charge on any atom is -0.382 e. The fraction of sp³-hybridized carbons (Fsp3) is 0.600. The molecule has 1 aliphatic carbocycles. The molecule has 0 unspecified atom stereocenters. The molecule has 0 atom stereocenters. The maximum absolute atomic E-state index is 5.44. The van der Waals surface area contributed by atoms with E-state index in [0.29, 0.717) is 5.82 Å². The number of nitrogen functional groups attached to an aromatic ring is 1. The molecule has 1 heterocycles. The van der Waals surface area contributed by atoms with E-state index in [1.54, 1.807) is 12.4 Å². The molecule has 0 saturated heterocycles. The van der Waals surface area contributed by atoms with Crippen molar-refractivity contribution >= 4 is 11.6 Å². The monoisotopic (exact) mass is 207 g/mol. The van der Waals surface area contributed by atoms with Gasteiger partial charge in [-0.1, -0.05) is 0 Å². The molecule has 1 fully saturated rings. The zero-order valence-electron chi connectivity index (χ0n) is 8.98. The summed E-state index contributed by atoms with van der Waals surface area (Å²) in [5.41, 5.74) is 5.44. The molecule has 0 aliphatic heterocycles. The third-order valence-electron chi connectivity index (χ3n) is 2.61. The van der Waals surface area contributed by atoms with Crippen molar-refractivity contribution in [2.24, 2.45) is 0 Å². The van der Waals surface area contributed by atoms with Crippen LogP contribution in [-0.4, -0.2) is 41.0 Å². The number of likely N-dealkylation sites (N-methyl/N-ethyl adjacent to an activating group) is 1. The predicted octanol–water partition coefficient (Wildman–Crippen LogP) is 0.565. The second kappa shape index (κ2) is 4.44. The van der Waals surface area contributed by atoms with Gasteiger partial charge in [0.25, 0.3) is 0 Å². The van der Waals surface area contributed by atoms with Crippen LogP contribution in [0.4, 0.5) is 11.6 Å². The number of anilines is 2. The van der Waals surface area contributed by atoms with E-state index in [1.807, 2.05) is 0 Å². The minimum atomic E-state index is 0.454. The van der Waals surface area contributed by atoms with Gasteiger partial charge in [0.1, 0.15) is 11.6 Å². The lowest BCUT2D eigenvalue weighted by molar-refractivity contribution is 0.337. The maximum Gasteiger partial charge on any atom is 0.144 e. The summed E-state index contributed by atoms with van der Waals surface area (Å²) in [7, 11) is 2.16. The molecule has 15 heavy (non-hydrogen) atoms. The number of aromatic nitrogens is 2. The van der Waals surface area contributed by atoms with Gasteiger partial charge >= 0.3 is 0 Å². The molecule has 0 aromatic carbocycles. The zero-order valence-corrected chi connectivity index (χ0v) is 8.98. The Morgan fingerprint density at radius 1 is 1.47 bits per heavy atom. The number of nitrogens with one attached hydrogen (secondary N) is 1. The Bertz CT molecular complexity index is 306. The zero-order chi connectivity index (χ0) is 10.7. The van der Waals surface area contributed by atoms with Crippen molar-refractivity contribution in [3.05, 3.63) is 12.4 Å². The summed E-state index contributed by atoms with van der Waals surface area (Å²) in [4.78, 5) is 10.5. The van der Waals surface area contributed by atoms with E-state index in [9.17, 15) is 0 Å². The summed E-state index contributed by atoms with van der Waals surface area (Å²) in [6.45, 7) is 1.93. The molecular formula is C10H17N5. The van der Waals surface area contributed by atoms with E-state index in [-0.39, 0.29) is 0 Å². The topological polar surface area (TPSA) is 67.1 Å². The average molecular weight is 207 g/mol. The van der Waals surface area contributed by atoms with Crippen LogP contribution in [0.3, 0.4) is 0 Å². The first-order valence-electron chi connectivity index (χ1n) is 5.27. The predicted molar refractivity (Wildman–Crippen MR) is 60.6 cm³/mol. The van der Waals surface area contributed by atoms with Crippen LogP contribution >= 0.6 is 0 Å². The van der Waals surface area contributed by atoms with Crippen molar-refractivity contribution in [3.63, 3.8) is 0 Å². The van der Waals surface area contributed by atoms with Crippen molar-refractivity contribution in [2.45, 2.75) is 18.9 Å². The van der Waals surface area contributed by atoms with Gasteiger partial charge < -0.3 is 16.0 Å². The molecule has 1 aromatic rings. The van der Waals surface area contributed by atoms with Gasteiger partial charge in [0.15, 0.2) is 0 Å². The number of hydrogen-bond acceptors (Lipinski definition) is 5. The van der Waals surface area contributed by atoms with E-state index < -0.39 is 0 Å². The molecule has 3 N–H and O–H groups in total. The van der Waals surface area contributed by atoms with Crippen LogP contribution in [0.25, 0.3) is 0 Å². The molecule has 1 saturated carbocycles. The standard InChI is InChI=1S/C10H17N5/c1-15(8-2-3-8)5-4-12-10-7-13-9(11)6-14-10/h6-8H,2-5H2,1H3,(H2,11,13)(H,12,14). The second-order valence-corrected chi connectivity index (χ2v) is 3.97. The summed E-state index contributed by atoms with van der Waals surface area (Å²) in [5, 5.41) is 3.21. The highest BCUT2D eigenvalue weighted by Gasteiger charge is 2.25. The molecule has 0 spiro atoms. The summed E-state index contributed by atoms with van der Waals surface area (Å²) < 4.78 is 0. The van der Waals surface area contributed by atoms with Gasteiger partial charge in [0.2, 0.25) is 0 Å². The van der Waals surface area contributed by atoms with E-state index in [4.69, 9.17) is 5.73 Å². The number of rotatable bonds is 5. The summed E-state index contributed by atoms with van der Waals surface area (Å²) in [6.07, 6.45) is 5.91. The Labute approximate surface area is 89.7 Å². The first kappa shape index (κ1) is 10.2. The smallest absolute Gasteiger partial charge is 0.144 e. The minimum absolute atomic E-state index is 0.454. The van der Waals surface area contributed by atoms with Crippen molar-refractivity contribution < 1.29 is 0 Å². The average Bonchev–Trinajstić information content (AvgIpc) is 3.04. The van der Waals surface area contributed by atoms with Crippen molar-refractivity contribution in [2.75, 3.05) is 31.2 Å². The molecule has 2 rings (SSSR count). The lowest BCUT2D eigenvalue weighted by atomic mass is 10.5. The Hall–Kier alpha value is -1.36. The Morgan fingerprint density at radius 3 is 2.87 bits per heavy atom. The first-order valence-corrected chi connectivity index (χ1v) is 5.27. The summed E-state index contributed by atoms with van der Waals surface area (Å²) in [6, 6.07) is 0.810. The molecule has 0 bridgehead atoms. The Balaban J connectivity index is 1.70. The fourth-order valence-electron chi connectivity index (χ4n) is 1.49. The quantitative estimate of drug-likeness (QED) is 0.738. The molecule has 0 radical (unpaired) electrons. The van der Waals surface area contributed by atoms with Crippen LogP contribution in [0.2, 0.25) is 0 Å². The van der Waals surface area contributed by atoms with Crippen molar-refractivity contribution in [1.29, 1.82) is 0 Å². The van der Waals surface area contributed by atoms with Gasteiger partial charge in [0, 0.05) is 19.1 Å². The van der Waals surface area contributed by atoms with Crippen LogP contribution in [0, 0.1) is 0 Å². The number of nitrogens with zero attached hydrogens (tertiary/aromatic N) is 3. The van der Waals surface area contributed by atoms with Gasteiger partial charge in [-0.05, 0) is 19.9 Å². The van der Waals surface area contributed by atoms with Crippen molar-refractivity contribution in [3.8, 4) is 0 Å². The van der Waals surface area contributed by atoms with E-state index in [1.165, 1.54) is 12.8 Å². The van der Waals surface area contributed by atoms with E-state index >= 15 is 0 Å². The van der Waals surface area contributed by atoms with E-state index in [0.717, 1.165) is 24.9 Å². The number of nitrogens with two attached hydrogens (primary N) is 1.